The summed E-state index contributed by atoms with van der Waals surface area (Å²) >= 11 is 12.7. The van der Waals surface area contributed by atoms with Crippen LogP contribution < -0.4 is 14.8 Å². The van der Waals surface area contributed by atoms with E-state index in [0.717, 1.165) is 50.3 Å². The minimum absolute atomic E-state index is 0.336. The van der Waals surface area contributed by atoms with Crippen molar-refractivity contribution in [1.82, 2.24) is 10.2 Å². The van der Waals surface area contributed by atoms with E-state index in [1.807, 2.05) is 43.3 Å². The average molecular weight is 439 g/mol. The van der Waals surface area contributed by atoms with Crippen LogP contribution >= 0.6 is 23.2 Å². The Balaban J connectivity index is 1.97. The first-order valence-corrected chi connectivity index (χ1v) is 11.1. The SMILES string of the molecule is CCOc1cc(CNCCCN(CC)CC)cc(Cl)c1OCc1ccccc1Cl. The van der Waals surface area contributed by atoms with E-state index in [2.05, 4.69) is 24.1 Å². The van der Waals surface area contributed by atoms with Gasteiger partial charge in [-0.2, -0.15) is 0 Å². The van der Waals surface area contributed by atoms with Crippen molar-refractivity contribution in [3.05, 3.63) is 57.6 Å². The highest BCUT2D eigenvalue weighted by atomic mass is 35.5. The number of nitrogens with zero attached hydrogens (tertiary/aromatic N) is 1. The molecule has 1 N–H and O–H groups in total. The van der Waals surface area contributed by atoms with Crippen LogP contribution in [-0.2, 0) is 13.2 Å². The van der Waals surface area contributed by atoms with E-state index in [0.29, 0.717) is 34.8 Å². The summed E-state index contributed by atoms with van der Waals surface area (Å²) in [4.78, 5) is 2.43. The maximum atomic E-state index is 6.52. The molecule has 0 aliphatic carbocycles. The van der Waals surface area contributed by atoms with Crippen LogP contribution in [0, 0.1) is 0 Å². The van der Waals surface area contributed by atoms with Crippen molar-refractivity contribution in [3.63, 3.8) is 0 Å². The third kappa shape index (κ3) is 7.71. The summed E-state index contributed by atoms with van der Waals surface area (Å²) in [6, 6.07) is 11.5. The summed E-state index contributed by atoms with van der Waals surface area (Å²) in [5, 5.41) is 4.71. The lowest BCUT2D eigenvalue weighted by molar-refractivity contribution is 0.269. The van der Waals surface area contributed by atoms with Gasteiger partial charge in [-0.25, -0.2) is 0 Å². The zero-order valence-corrected chi connectivity index (χ0v) is 19.2. The molecule has 0 heterocycles. The highest BCUT2D eigenvalue weighted by Crippen LogP contribution is 2.37. The van der Waals surface area contributed by atoms with Crippen LogP contribution in [0.4, 0.5) is 0 Å². The largest absolute Gasteiger partial charge is 0.490 e. The second-order valence-corrected chi connectivity index (χ2v) is 7.59. The summed E-state index contributed by atoms with van der Waals surface area (Å²) in [5.41, 5.74) is 1.98. The number of benzene rings is 2. The number of nitrogens with one attached hydrogen (secondary N) is 1. The Kier molecular flexibility index (Phi) is 10.6. The second-order valence-electron chi connectivity index (χ2n) is 6.78. The van der Waals surface area contributed by atoms with Crippen molar-refractivity contribution in [2.45, 2.75) is 40.3 Å². The van der Waals surface area contributed by atoms with Crippen molar-refractivity contribution in [3.8, 4) is 11.5 Å². The molecule has 160 valence electrons. The Morgan fingerprint density at radius 2 is 1.72 bits per heavy atom. The molecule has 0 unspecified atom stereocenters. The van der Waals surface area contributed by atoms with Crippen LogP contribution in [0.25, 0.3) is 0 Å². The molecule has 2 aromatic carbocycles. The van der Waals surface area contributed by atoms with Crippen LogP contribution in [0.15, 0.2) is 36.4 Å². The summed E-state index contributed by atoms with van der Waals surface area (Å²) < 4.78 is 11.8. The molecule has 0 saturated carbocycles. The quantitative estimate of drug-likeness (QED) is 0.401. The van der Waals surface area contributed by atoms with E-state index >= 15 is 0 Å². The maximum absolute atomic E-state index is 6.52. The first-order chi connectivity index (χ1) is 14.1. The molecule has 4 nitrogen and oxygen atoms in total. The molecule has 0 saturated heterocycles. The van der Waals surface area contributed by atoms with Crippen LogP contribution in [0.3, 0.4) is 0 Å². The van der Waals surface area contributed by atoms with Gasteiger partial charge in [0, 0.05) is 17.1 Å². The van der Waals surface area contributed by atoms with Gasteiger partial charge in [-0.1, -0.05) is 55.2 Å². The summed E-state index contributed by atoms with van der Waals surface area (Å²) in [5.74, 6) is 1.21. The number of halogens is 2. The van der Waals surface area contributed by atoms with E-state index in [1.54, 1.807) is 0 Å². The third-order valence-electron chi connectivity index (χ3n) is 4.75. The Hall–Kier alpha value is -1.46. The van der Waals surface area contributed by atoms with Crippen molar-refractivity contribution in [2.75, 3.05) is 32.8 Å². The predicted octanol–water partition coefficient (Wildman–Crippen LogP) is 5.79. The molecule has 2 aromatic rings. The second kappa shape index (κ2) is 13.0. The fourth-order valence-electron chi connectivity index (χ4n) is 3.09. The van der Waals surface area contributed by atoms with E-state index in [4.69, 9.17) is 32.7 Å². The summed E-state index contributed by atoms with van der Waals surface area (Å²) in [7, 11) is 0. The monoisotopic (exact) mass is 438 g/mol. The van der Waals surface area contributed by atoms with E-state index in [-0.39, 0.29) is 0 Å². The highest BCUT2D eigenvalue weighted by molar-refractivity contribution is 6.32. The van der Waals surface area contributed by atoms with Gasteiger partial charge >= 0.3 is 0 Å². The average Bonchev–Trinajstić information content (AvgIpc) is 2.71. The molecule has 29 heavy (non-hydrogen) atoms. The molecule has 0 bridgehead atoms. The molecular formula is C23H32Cl2N2O2. The van der Waals surface area contributed by atoms with E-state index in [9.17, 15) is 0 Å². The minimum atomic E-state index is 0.336. The predicted molar refractivity (Wildman–Crippen MR) is 123 cm³/mol. The summed E-state index contributed by atoms with van der Waals surface area (Å²) in [6.45, 7) is 12.2. The molecule has 0 radical (unpaired) electrons. The fourth-order valence-corrected chi connectivity index (χ4v) is 3.57. The normalized spacial score (nSPS) is 11.1. The Morgan fingerprint density at radius 1 is 0.966 bits per heavy atom. The molecule has 2 rings (SSSR count). The smallest absolute Gasteiger partial charge is 0.180 e. The van der Waals surface area contributed by atoms with Gasteiger partial charge in [0.1, 0.15) is 6.61 Å². The Bertz CT molecular complexity index is 752. The molecule has 0 spiro atoms. The van der Waals surface area contributed by atoms with Crippen molar-refractivity contribution in [1.29, 1.82) is 0 Å². The standard InChI is InChI=1S/C23H32Cl2N2O2/c1-4-27(5-2)13-9-12-26-16-18-14-21(25)23(22(15-18)28-6-3)29-17-19-10-7-8-11-20(19)24/h7-8,10-11,14-15,26H,4-6,9,12-13,16-17H2,1-3H3. The van der Waals surface area contributed by atoms with Gasteiger partial charge < -0.3 is 19.7 Å². The summed E-state index contributed by atoms with van der Waals surface area (Å²) in [6.07, 6.45) is 1.12. The minimum Gasteiger partial charge on any atom is -0.490 e. The lowest BCUT2D eigenvalue weighted by Crippen LogP contribution is -2.27. The Labute approximate surface area is 185 Å². The number of rotatable bonds is 13. The zero-order chi connectivity index (χ0) is 21.1. The molecular weight excluding hydrogens is 407 g/mol. The van der Waals surface area contributed by atoms with Gasteiger partial charge in [0.15, 0.2) is 11.5 Å². The molecule has 0 fully saturated rings. The van der Waals surface area contributed by atoms with E-state index in [1.165, 1.54) is 0 Å². The van der Waals surface area contributed by atoms with Crippen molar-refractivity contribution >= 4 is 23.2 Å². The van der Waals surface area contributed by atoms with Crippen LogP contribution in [0.1, 0.15) is 38.3 Å². The molecule has 0 amide bonds. The number of hydrogen-bond donors (Lipinski definition) is 1. The van der Waals surface area contributed by atoms with Gasteiger partial charge in [-0.15, -0.1) is 0 Å². The van der Waals surface area contributed by atoms with Gasteiger partial charge in [0.25, 0.3) is 0 Å². The Morgan fingerprint density at radius 3 is 2.41 bits per heavy atom. The third-order valence-corrected chi connectivity index (χ3v) is 5.40. The zero-order valence-electron chi connectivity index (χ0n) is 17.6. The topological polar surface area (TPSA) is 33.7 Å². The first-order valence-electron chi connectivity index (χ1n) is 10.3. The van der Waals surface area contributed by atoms with Gasteiger partial charge in [-0.3, -0.25) is 0 Å². The molecule has 6 heteroatoms. The highest BCUT2D eigenvalue weighted by Gasteiger charge is 2.13. The molecule has 0 atom stereocenters. The first kappa shape index (κ1) is 23.8. The lowest BCUT2D eigenvalue weighted by atomic mass is 10.2. The van der Waals surface area contributed by atoms with Crippen molar-refractivity contribution in [2.24, 2.45) is 0 Å². The van der Waals surface area contributed by atoms with Gasteiger partial charge in [-0.05, 0) is 63.3 Å². The lowest BCUT2D eigenvalue weighted by Gasteiger charge is -2.18. The van der Waals surface area contributed by atoms with Crippen molar-refractivity contribution < 1.29 is 9.47 Å². The van der Waals surface area contributed by atoms with E-state index < -0.39 is 0 Å². The number of ether oxygens (including phenoxy) is 2. The molecule has 0 aromatic heterocycles. The number of hydrogen-bond acceptors (Lipinski definition) is 4. The fraction of sp³-hybridized carbons (Fsp3) is 0.478. The van der Waals surface area contributed by atoms with Crippen LogP contribution in [-0.4, -0.2) is 37.7 Å². The maximum Gasteiger partial charge on any atom is 0.180 e. The molecule has 0 aliphatic rings. The van der Waals surface area contributed by atoms with Gasteiger partial charge in [0.05, 0.1) is 11.6 Å². The van der Waals surface area contributed by atoms with Gasteiger partial charge in [0.2, 0.25) is 0 Å². The van der Waals surface area contributed by atoms with Crippen LogP contribution in [0.5, 0.6) is 11.5 Å². The molecule has 0 aliphatic heterocycles. The van der Waals surface area contributed by atoms with Crippen LogP contribution in [0.2, 0.25) is 10.0 Å².